The number of likely N-dealkylation sites (N-methyl/N-ethyl adjacent to an activating group) is 1. The molecule has 1 saturated heterocycles. The second-order valence-corrected chi connectivity index (χ2v) is 4.76. The van der Waals surface area contributed by atoms with E-state index in [4.69, 9.17) is 5.73 Å². The predicted octanol–water partition coefficient (Wildman–Crippen LogP) is 0.0303. The fraction of sp³-hybridized carbons (Fsp3) is 0.909. The molecule has 2 N–H and O–H groups in total. The average molecular weight is 211 g/mol. The molecule has 2 aliphatic rings. The van der Waals surface area contributed by atoms with Gasteiger partial charge in [-0.05, 0) is 32.7 Å². The van der Waals surface area contributed by atoms with Crippen molar-refractivity contribution in [1.82, 2.24) is 9.80 Å². The van der Waals surface area contributed by atoms with Crippen molar-refractivity contribution in [2.75, 3.05) is 26.7 Å². The van der Waals surface area contributed by atoms with Crippen LogP contribution in [0.1, 0.15) is 25.7 Å². The van der Waals surface area contributed by atoms with Crippen molar-refractivity contribution in [2.45, 2.75) is 37.8 Å². The lowest BCUT2D eigenvalue weighted by Crippen LogP contribution is -2.45. The Kier molecular flexibility index (Phi) is 3.26. The normalized spacial score (nSPS) is 26.3. The van der Waals surface area contributed by atoms with Crippen LogP contribution >= 0.6 is 0 Å². The minimum absolute atomic E-state index is 0.113. The molecule has 1 amide bonds. The maximum atomic E-state index is 11.6. The summed E-state index contributed by atoms with van der Waals surface area (Å²) in [4.78, 5) is 15.9. The summed E-state index contributed by atoms with van der Waals surface area (Å²) >= 11 is 0. The summed E-state index contributed by atoms with van der Waals surface area (Å²) in [5.41, 5.74) is 5.41. The Hall–Kier alpha value is -0.610. The van der Waals surface area contributed by atoms with Crippen molar-refractivity contribution in [3.05, 3.63) is 0 Å². The van der Waals surface area contributed by atoms with Gasteiger partial charge in [-0.1, -0.05) is 0 Å². The number of carbonyl (C=O) groups excluding carboxylic acids is 1. The highest BCUT2D eigenvalue weighted by Crippen LogP contribution is 2.27. The van der Waals surface area contributed by atoms with Gasteiger partial charge in [0.15, 0.2) is 0 Å². The van der Waals surface area contributed by atoms with Crippen molar-refractivity contribution in [2.24, 2.45) is 5.73 Å². The van der Waals surface area contributed by atoms with Crippen LogP contribution in [0.3, 0.4) is 0 Å². The van der Waals surface area contributed by atoms with E-state index in [9.17, 15) is 4.79 Å². The molecule has 0 bridgehead atoms. The summed E-state index contributed by atoms with van der Waals surface area (Å²) in [5, 5.41) is 0. The van der Waals surface area contributed by atoms with Crippen molar-refractivity contribution in [1.29, 1.82) is 0 Å². The SMILES string of the molecule is CN(C[C@H]1CCCN1C(=O)CN)C1CC1. The van der Waals surface area contributed by atoms with Crippen LogP contribution in [0.15, 0.2) is 0 Å². The van der Waals surface area contributed by atoms with Crippen LogP contribution in [0.25, 0.3) is 0 Å². The minimum Gasteiger partial charge on any atom is -0.337 e. The first-order valence-electron chi connectivity index (χ1n) is 5.92. The summed E-state index contributed by atoms with van der Waals surface area (Å²) in [5.74, 6) is 0.113. The first-order chi connectivity index (χ1) is 7.22. The molecule has 1 aliphatic heterocycles. The molecule has 1 atom stereocenters. The minimum atomic E-state index is 0.113. The van der Waals surface area contributed by atoms with Crippen LogP contribution in [-0.4, -0.2) is 54.5 Å². The molecule has 0 radical (unpaired) electrons. The molecule has 1 saturated carbocycles. The lowest BCUT2D eigenvalue weighted by atomic mass is 10.2. The number of carbonyl (C=O) groups is 1. The maximum Gasteiger partial charge on any atom is 0.236 e. The molecule has 1 aliphatic carbocycles. The van der Waals surface area contributed by atoms with E-state index >= 15 is 0 Å². The van der Waals surface area contributed by atoms with Crippen LogP contribution in [0.2, 0.25) is 0 Å². The Balaban J connectivity index is 1.86. The average Bonchev–Trinajstić information content (AvgIpc) is 2.99. The van der Waals surface area contributed by atoms with Crippen LogP contribution in [0.4, 0.5) is 0 Å². The molecule has 0 aromatic rings. The largest absolute Gasteiger partial charge is 0.337 e. The van der Waals surface area contributed by atoms with Gasteiger partial charge in [-0.25, -0.2) is 0 Å². The van der Waals surface area contributed by atoms with E-state index in [0.717, 1.165) is 32.0 Å². The highest BCUT2D eigenvalue weighted by Gasteiger charge is 2.33. The zero-order valence-corrected chi connectivity index (χ0v) is 9.48. The van der Waals surface area contributed by atoms with E-state index in [2.05, 4.69) is 11.9 Å². The smallest absolute Gasteiger partial charge is 0.236 e. The van der Waals surface area contributed by atoms with E-state index in [1.807, 2.05) is 4.90 Å². The van der Waals surface area contributed by atoms with Crippen molar-refractivity contribution >= 4 is 5.91 Å². The second-order valence-electron chi connectivity index (χ2n) is 4.76. The molecule has 0 aromatic carbocycles. The number of rotatable bonds is 4. The number of hydrogen-bond acceptors (Lipinski definition) is 3. The summed E-state index contributed by atoms with van der Waals surface area (Å²) in [7, 11) is 2.17. The third-order valence-corrected chi connectivity index (χ3v) is 3.54. The third kappa shape index (κ3) is 2.49. The first-order valence-corrected chi connectivity index (χ1v) is 5.92. The fourth-order valence-corrected chi connectivity index (χ4v) is 2.47. The Morgan fingerprint density at radius 3 is 2.80 bits per heavy atom. The van der Waals surface area contributed by atoms with E-state index in [-0.39, 0.29) is 12.5 Å². The zero-order chi connectivity index (χ0) is 10.8. The standard InChI is InChI=1S/C11H21N3O/c1-13(9-4-5-9)8-10-3-2-6-14(10)11(15)7-12/h9-10H,2-8,12H2,1H3/t10-/m1/s1. The molecule has 86 valence electrons. The lowest BCUT2D eigenvalue weighted by Gasteiger charge is -2.28. The number of likely N-dealkylation sites (tertiary alicyclic amines) is 1. The van der Waals surface area contributed by atoms with Crippen LogP contribution in [0, 0.1) is 0 Å². The third-order valence-electron chi connectivity index (χ3n) is 3.54. The first kappa shape index (κ1) is 10.9. The predicted molar refractivity (Wildman–Crippen MR) is 59.4 cm³/mol. The summed E-state index contributed by atoms with van der Waals surface area (Å²) in [6.45, 7) is 2.08. The van der Waals surface area contributed by atoms with E-state index in [0.29, 0.717) is 6.04 Å². The van der Waals surface area contributed by atoms with Crippen molar-refractivity contribution < 1.29 is 4.79 Å². The number of amides is 1. The molecule has 2 rings (SSSR count). The van der Waals surface area contributed by atoms with Gasteiger partial charge in [-0.2, -0.15) is 0 Å². The molecular weight excluding hydrogens is 190 g/mol. The summed E-state index contributed by atoms with van der Waals surface area (Å²) in [6.07, 6.45) is 4.93. The van der Waals surface area contributed by atoms with Gasteiger partial charge in [0.25, 0.3) is 0 Å². The van der Waals surface area contributed by atoms with Gasteiger partial charge in [0.1, 0.15) is 0 Å². The number of nitrogens with zero attached hydrogens (tertiary/aromatic N) is 2. The van der Waals surface area contributed by atoms with Crippen molar-refractivity contribution in [3.63, 3.8) is 0 Å². The van der Waals surface area contributed by atoms with Gasteiger partial charge in [-0.15, -0.1) is 0 Å². The molecule has 0 spiro atoms. The van der Waals surface area contributed by atoms with Crippen molar-refractivity contribution in [3.8, 4) is 0 Å². The Labute approximate surface area is 91.4 Å². The number of hydrogen-bond donors (Lipinski definition) is 1. The van der Waals surface area contributed by atoms with Gasteiger partial charge >= 0.3 is 0 Å². The van der Waals surface area contributed by atoms with E-state index < -0.39 is 0 Å². The molecular formula is C11H21N3O. The highest BCUT2D eigenvalue weighted by atomic mass is 16.2. The molecule has 2 fully saturated rings. The topological polar surface area (TPSA) is 49.6 Å². The maximum absolute atomic E-state index is 11.6. The Bertz CT molecular complexity index is 240. The highest BCUT2D eigenvalue weighted by molar-refractivity contribution is 5.78. The van der Waals surface area contributed by atoms with Gasteiger partial charge < -0.3 is 15.5 Å². The quantitative estimate of drug-likeness (QED) is 0.714. The summed E-state index contributed by atoms with van der Waals surface area (Å²) < 4.78 is 0. The summed E-state index contributed by atoms with van der Waals surface area (Å²) in [6, 6.07) is 1.19. The monoisotopic (exact) mass is 211 g/mol. The lowest BCUT2D eigenvalue weighted by molar-refractivity contribution is -0.130. The van der Waals surface area contributed by atoms with E-state index in [1.54, 1.807) is 0 Å². The molecule has 4 heteroatoms. The Morgan fingerprint density at radius 2 is 2.20 bits per heavy atom. The van der Waals surface area contributed by atoms with Gasteiger partial charge in [0, 0.05) is 25.2 Å². The van der Waals surface area contributed by atoms with Crippen LogP contribution in [0.5, 0.6) is 0 Å². The molecule has 15 heavy (non-hydrogen) atoms. The fourth-order valence-electron chi connectivity index (χ4n) is 2.47. The van der Waals surface area contributed by atoms with Crippen LogP contribution < -0.4 is 5.73 Å². The Morgan fingerprint density at radius 1 is 1.47 bits per heavy atom. The molecule has 4 nitrogen and oxygen atoms in total. The van der Waals surface area contributed by atoms with Gasteiger partial charge in [0.2, 0.25) is 5.91 Å². The molecule has 0 unspecified atom stereocenters. The second kappa shape index (κ2) is 4.49. The van der Waals surface area contributed by atoms with Gasteiger partial charge in [0.05, 0.1) is 6.54 Å². The molecule has 0 aromatic heterocycles. The zero-order valence-electron chi connectivity index (χ0n) is 9.48. The van der Waals surface area contributed by atoms with E-state index in [1.165, 1.54) is 12.8 Å². The van der Waals surface area contributed by atoms with Gasteiger partial charge in [-0.3, -0.25) is 4.79 Å². The molecule has 1 heterocycles. The van der Waals surface area contributed by atoms with Crippen LogP contribution in [-0.2, 0) is 4.79 Å². The number of nitrogens with two attached hydrogens (primary N) is 1.